The smallest absolute Gasteiger partial charge is 0.348 e. The summed E-state index contributed by atoms with van der Waals surface area (Å²) in [5.41, 5.74) is -0.660. The molecule has 1 aromatic heterocycles. The normalized spacial score (nSPS) is 11.3. The van der Waals surface area contributed by atoms with Gasteiger partial charge in [0.1, 0.15) is 5.41 Å². The van der Waals surface area contributed by atoms with Crippen LogP contribution in [0.4, 0.5) is 0 Å². The molecule has 0 saturated carbocycles. The van der Waals surface area contributed by atoms with Crippen LogP contribution >= 0.6 is 15.9 Å². The Morgan fingerprint density at radius 3 is 2.43 bits per heavy atom. The Morgan fingerprint density at radius 1 is 1.33 bits per heavy atom. The molecule has 6 nitrogen and oxygen atoms in total. The van der Waals surface area contributed by atoms with Crippen molar-refractivity contribution in [2.45, 2.75) is 41.2 Å². The third kappa shape index (κ3) is 3.58. The van der Waals surface area contributed by atoms with Gasteiger partial charge < -0.3 is 4.74 Å². The minimum absolute atomic E-state index is 0.201. The van der Waals surface area contributed by atoms with Crippen LogP contribution in [0.3, 0.4) is 0 Å². The number of hydrogen-bond acceptors (Lipinski definition) is 5. The lowest BCUT2D eigenvalue weighted by molar-refractivity contribution is -0.158. The van der Waals surface area contributed by atoms with Gasteiger partial charge in [0.25, 0.3) is 0 Å². The van der Waals surface area contributed by atoms with Crippen LogP contribution in [0.5, 0.6) is 0 Å². The highest BCUT2D eigenvalue weighted by Crippen LogP contribution is 2.21. The minimum atomic E-state index is -1.31. The van der Waals surface area contributed by atoms with E-state index in [1.807, 2.05) is 0 Å². The Bertz CT molecular complexity index is 635. The lowest BCUT2D eigenvalue weighted by Crippen LogP contribution is -2.40. The maximum absolute atomic E-state index is 12.3. The summed E-state index contributed by atoms with van der Waals surface area (Å²) < 4.78 is 6.82. The fourth-order valence-corrected chi connectivity index (χ4v) is 2.03. The number of ketones is 1. The summed E-state index contributed by atoms with van der Waals surface area (Å²) in [7, 11) is 0. The monoisotopic (exact) mass is 358 g/mol. The molecular weight excluding hydrogens is 340 g/mol. The molecule has 0 fully saturated rings. The van der Waals surface area contributed by atoms with Crippen molar-refractivity contribution in [2.24, 2.45) is 5.41 Å². The van der Waals surface area contributed by atoms with Crippen molar-refractivity contribution in [3.8, 4) is 0 Å². The van der Waals surface area contributed by atoms with Gasteiger partial charge in [-0.2, -0.15) is 4.98 Å². The van der Waals surface area contributed by atoms with E-state index in [0.717, 1.165) is 0 Å². The van der Waals surface area contributed by atoms with Crippen LogP contribution in [0.2, 0.25) is 0 Å². The van der Waals surface area contributed by atoms with E-state index in [0.29, 0.717) is 15.9 Å². The second kappa shape index (κ2) is 6.51. The number of carbonyl (C=O) groups is 2. The van der Waals surface area contributed by atoms with Gasteiger partial charge in [0.05, 0.1) is 23.3 Å². The molecule has 1 aromatic rings. The Balaban J connectivity index is 3.13. The molecule has 21 heavy (non-hydrogen) atoms. The van der Waals surface area contributed by atoms with E-state index >= 15 is 0 Å². The highest BCUT2D eigenvalue weighted by molar-refractivity contribution is 9.10. The Kier molecular flexibility index (Phi) is 5.44. The predicted octanol–water partition coefficient (Wildman–Crippen LogP) is 1.78. The maximum atomic E-state index is 12.3. The van der Waals surface area contributed by atoms with Crippen molar-refractivity contribution in [1.29, 1.82) is 0 Å². The zero-order valence-corrected chi connectivity index (χ0v) is 14.4. The number of carbonyl (C=O) groups excluding carboxylic acids is 2. The topological polar surface area (TPSA) is 78.3 Å². The van der Waals surface area contributed by atoms with Gasteiger partial charge in [-0.05, 0) is 50.5 Å². The van der Waals surface area contributed by atoms with Gasteiger partial charge in [0, 0.05) is 5.69 Å². The number of rotatable bonds is 5. The molecule has 1 rings (SSSR count). The lowest BCUT2D eigenvalue weighted by atomic mass is 9.88. The van der Waals surface area contributed by atoms with Gasteiger partial charge in [-0.25, -0.2) is 4.79 Å². The number of aryl methyl sites for hydroxylation is 1. The standard InChI is InChI=1S/C14H19BrN2O4/c1-6-21-12(19)14(4,5)10(18)7-17-9(3)11(15)8(2)16-13(17)20/h6-7H2,1-5H3. The SMILES string of the molecule is CCOC(=O)C(C)(C)C(=O)Cn1c(C)c(Br)c(C)nc1=O. The Hall–Kier alpha value is -1.50. The first-order valence-electron chi connectivity index (χ1n) is 6.57. The number of ether oxygens (including phenoxy) is 1. The molecule has 0 atom stereocenters. The maximum Gasteiger partial charge on any atom is 0.348 e. The first kappa shape index (κ1) is 17.6. The van der Waals surface area contributed by atoms with Crippen LogP contribution in [-0.4, -0.2) is 27.9 Å². The number of esters is 1. The Labute approximate surface area is 131 Å². The van der Waals surface area contributed by atoms with Gasteiger partial charge in [0.2, 0.25) is 0 Å². The Morgan fingerprint density at radius 2 is 1.90 bits per heavy atom. The third-order valence-electron chi connectivity index (χ3n) is 3.32. The molecule has 0 aliphatic heterocycles. The van der Waals surface area contributed by atoms with Crippen LogP contribution < -0.4 is 5.69 Å². The van der Waals surface area contributed by atoms with Crippen LogP contribution in [0.25, 0.3) is 0 Å². The molecule has 0 N–H and O–H groups in total. The van der Waals surface area contributed by atoms with E-state index < -0.39 is 22.9 Å². The molecule has 0 aliphatic carbocycles. The van der Waals surface area contributed by atoms with Gasteiger partial charge in [-0.3, -0.25) is 14.2 Å². The fourth-order valence-electron chi connectivity index (χ4n) is 1.73. The summed E-state index contributed by atoms with van der Waals surface area (Å²) in [4.78, 5) is 40.0. The highest BCUT2D eigenvalue weighted by atomic mass is 79.9. The van der Waals surface area contributed by atoms with Crippen LogP contribution in [-0.2, 0) is 20.9 Å². The molecule has 0 bridgehead atoms. The number of Topliss-reactive ketones (excluding diaryl/α,β-unsaturated/α-hetero) is 1. The van der Waals surface area contributed by atoms with E-state index in [9.17, 15) is 14.4 Å². The van der Waals surface area contributed by atoms with Crippen LogP contribution in [0.15, 0.2) is 9.27 Å². The molecule has 0 saturated heterocycles. The van der Waals surface area contributed by atoms with Crippen molar-refractivity contribution < 1.29 is 14.3 Å². The molecule has 0 radical (unpaired) electrons. The summed E-state index contributed by atoms with van der Waals surface area (Å²) >= 11 is 3.33. The molecule has 116 valence electrons. The predicted molar refractivity (Wildman–Crippen MR) is 81.1 cm³/mol. The quantitative estimate of drug-likeness (QED) is 0.592. The molecule has 1 heterocycles. The number of halogens is 1. The lowest BCUT2D eigenvalue weighted by Gasteiger charge is -2.22. The van der Waals surface area contributed by atoms with Crippen molar-refractivity contribution in [3.63, 3.8) is 0 Å². The summed E-state index contributed by atoms with van der Waals surface area (Å²) in [6.07, 6.45) is 0. The van der Waals surface area contributed by atoms with E-state index in [-0.39, 0.29) is 13.2 Å². The average molecular weight is 359 g/mol. The first-order valence-corrected chi connectivity index (χ1v) is 7.36. The second-order valence-electron chi connectivity index (χ2n) is 5.23. The summed E-state index contributed by atoms with van der Waals surface area (Å²) in [6, 6.07) is 0. The zero-order valence-electron chi connectivity index (χ0n) is 12.8. The van der Waals surface area contributed by atoms with Gasteiger partial charge in [-0.1, -0.05) is 0 Å². The van der Waals surface area contributed by atoms with Gasteiger partial charge in [-0.15, -0.1) is 0 Å². The summed E-state index contributed by atoms with van der Waals surface area (Å²) in [6.45, 7) is 8.05. The second-order valence-corrected chi connectivity index (χ2v) is 6.03. The summed E-state index contributed by atoms with van der Waals surface area (Å²) in [5.74, 6) is -0.997. The molecule has 0 aromatic carbocycles. The van der Waals surface area contributed by atoms with Gasteiger partial charge >= 0.3 is 11.7 Å². The average Bonchev–Trinajstić information content (AvgIpc) is 2.41. The zero-order chi connectivity index (χ0) is 16.4. The minimum Gasteiger partial charge on any atom is -0.465 e. The van der Waals surface area contributed by atoms with Crippen molar-refractivity contribution in [3.05, 3.63) is 26.3 Å². The van der Waals surface area contributed by atoms with Crippen molar-refractivity contribution >= 4 is 27.7 Å². The largest absolute Gasteiger partial charge is 0.465 e. The molecule has 7 heteroatoms. The molecule has 0 spiro atoms. The summed E-state index contributed by atoms with van der Waals surface area (Å²) in [5, 5.41) is 0. The van der Waals surface area contributed by atoms with E-state index in [2.05, 4.69) is 20.9 Å². The van der Waals surface area contributed by atoms with Crippen molar-refractivity contribution in [2.75, 3.05) is 6.61 Å². The molecule has 0 aliphatic rings. The molecule has 0 unspecified atom stereocenters. The third-order valence-corrected chi connectivity index (χ3v) is 4.47. The number of nitrogens with zero attached hydrogens (tertiary/aromatic N) is 2. The van der Waals surface area contributed by atoms with E-state index in [1.54, 1.807) is 20.8 Å². The van der Waals surface area contributed by atoms with Crippen LogP contribution in [0.1, 0.15) is 32.2 Å². The van der Waals surface area contributed by atoms with E-state index in [1.165, 1.54) is 18.4 Å². The molecule has 0 amide bonds. The van der Waals surface area contributed by atoms with Crippen molar-refractivity contribution in [1.82, 2.24) is 9.55 Å². The van der Waals surface area contributed by atoms with E-state index in [4.69, 9.17) is 4.74 Å². The molecular formula is C14H19BrN2O4. The highest BCUT2D eigenvalue weighted by Gasteiger charge is 2.37. The van der Waals surface area contributed by atoms with Crippen LogP contribution in [0, 0.1) is 19.3 Å². The number of aromatic nitrogens is 2. The number of hydrogen-bond donors (Lipinski definition) is 0. The first-order chi connectivity index (χ1) is 9.62. The fraction of sp³-hybridized carbons (Fsp3) is 0.571. The van der Waals surface area contributed by atoms with Gasteiger partial charge in [0.15, 0.2) is 5.78 Å².